The minimum atomic E-state index is 0.709. The van der Waals surface area contributed by atoms with Crippen molar-refractivity contribution in [2.24, 2.45) is 5.41 Å². The third-order valence-corrected chi connectivity index (χ3v) is 2.97. The molecule has 0 radical (unpaired) electrons. The maximum Gasteiger partial charge on any atom is 0.0101 e. The zero-order valence-electron chi connectivity index (χ0n) is 9.40. The SMILES string of the molecule is CCCC1(CNCCN(C)C)CC1. The molecule has 0 aromatic rings. The molecule has 2 nitrogen and oxygen atoms in total. The first-order valence-electron chi connectivity index (χ1n) is 5.54. The summed E-state index contributed by atoms with van der Waals surface area (Å²) >= 11 is 0. The van der Waals surface area contributed by atoms with Crippen molar-refractivity contribution in [2.75, 3.05) is 33.7 Å². The Hall–Kier alpha value is -0.0800. The van der Waals surface area contributed by atoms with Crippen LogP contribution in [0.3, 0.4) is 0 Å². The molecule has 1 N–H and O–H groups in total. The van der Waals surface area contributed by atoms with Crippen molar-refractivity contribution in [1.82, 2.24) is 10.2 Å². The van der Waals surface area contributed by atoms with Gasteiger partial charge in [-0.05, 0) is 38.8 Å². The largest absolute Gasteiger partial charge is 0.315 e. The highest BCUT2D eigenvalue weighted by atomic mass is 15.1. The summed E-state index contributed by atoms with van der Waals surface area (Å²) in [7, 11) is 4.25. The van der Waals surface area contributed by atoms with E-state index in [0.29, 0.717) is 5.41 Å². The molecule has 0 spiro atoms. The molecule has 13 heavy (non-hydrogen) atoms. The Morgan fingerprint density at radius 2 is 2.00 bits per heavy atom. The van der Waals surface area contributed by atoms with Crippen molar-refractivity contribution in [3.05, 3.63) is 0 Å². The first-order chi connectivity index (χ1) is 6.18. The summed E-state index contributed by atoms with van der Waals surface area (Å²) in [6, 6.07) is 0. The highest BCUT2D eigenvalue weighted by molar-refractivity contribution is 4.94. The van der Waals surface area contributed by atoms with Gasteiger partial charge in [-0.25, -0.2) is 0 Å². The highest BCUT2D eigenvalue weighted by Gasteiger charge is 2.40. The van der Waals surface area contributed by atoms with E-state index in [9.17, 15) is 0 Å². The fourth-order valence-electron chi connectivity index (χ4n) is 1.88. The van der Waals surface area contributed by atoms with Gasteiger partial charge in [0.1, 0.15) is 0 Å². The summed E-state index contributed by atoms with van der Waals surface area (Å²) in [6.45, 7) is 5.83. The van der Waals surface area contributed by atoms with Crippen LogP contribution in [0.4, 0.5) is 0 Å². The molecule has 0 unspecified atom stereocenters. The molecule has 1 rings (SSSR count). The van der Waals surface area contributed by atoms with Crippen LogP contribution in [0.5, 0.6) is 0 Å². The molecule has 1 aliphatic rings. The van der Waals surface area contributed by atoms with Gasteiger partial charge in [0.25, 0.3) is 0 Å². The van der Waals surface area contributed by atoms with E-state index in [1.54, 1.807) is 0 Å². The number of hydrogen-bond donors (Lipinski definition) is 1. The zero-order chi connectivity index (χ0) is 9.73. The second-order valence-electron chi connectivity index (χ2n) is 4.73. The lowest BCUT2D eigenvalue weighted by molar-refractivity contribution is 0.370. The van der Waals surface area contributed by atoms with Crippen molar-refractivity contribution in [2.45, 2.75) is 32.6 Å². The second kappa shape index (κ2) is 4.97. The van der Waals surface area contributed by atoms with Crippen LogP contribution in [0.1, 0.15) is 32.6 Å². The number of nitrogens with zero attached hydrogens (tertiary/aromatic N) is 1. The van der Waals surface area contributed by atoms with Gasteiger partial charge in [-0.2, -0.15) is 0 Å². The van der Waals surface area contributed by atoms with Crippen molar-refractivity contribution < 1.29 is 0 Å². The Morgan fingerprint density at radius 1 is 1.31 bits per heavy atom. The molecule has 1 aliphatic carbocycles. The minimum Gasteiger partial charge on any atom is -0.315 e. The van der Waals surface area contributed by atoms with E-state index < -0.39 is 0 Å². The summed E-state index contributed by atoms with van der Waals surface area (Å²) in [4.78, 5) is 2.23. The molecule has 2 heteroatoms. The highest BCUT2D eigenvalue weighted by Crippen LogP contribution is 2.48. The monoisotopic (exact) mass is 184 g/mol. The van der Waals surface area contributed by atoms with Crippen LogP contribution in [-0.2, 0) is 0 Å². The summed E-state index contributed by atoms with van der Waals surface area (Å²) in [6.07, 6.45) is 5.67. The van der Waals surface area contributed by atoms with Crippen LogP contribution in [-0.4, -0.2) is 38.6 Å². The van der Waals surface area contributed by atoms with Crippen molar-refractivity contribution in [1.29, 1.82) is 0 Å². The van der Waals surface area contributed by atoms with Gasteiger partial charge in [-0.1, -0.05) is 13.3 Å². The smallest absolute Gasteiger partial charge is 0.0101 e. The molecule has 0 aromatic carbocycles. The average molecular weight is 184 g/mol. The van der Waals surface area contributed by atoms with Gasteiger partial charge in [-0.3, -0.25) is 0 Å². The lowest BCUT2D eigenvalue weighted by Gasteiger charge is -2.16. The van der Waals surface area contributed by atoms with Crippen molar-refractivity contribution in [3.8, 4) is 0 Å². The predicted octanol–water partition coefficient (Wildman–Crippen LogP) is 1.72. The molecule has 0 aliphatic heterocycles. The molecule has 0 saturated heterocycles. The van der Waals surface area contributed by atoms with Gasteiger partial charge >= 0.3 is 0 Å². The number of nitrogens with one attached hydrogen (secondary N) is 1. The standard InChI is InChI=1S/C11H24N2/c1-4-5-11(6-7-11)10-12-8-9-13(2)3/h12H,4-10H2,1-3H3. The van der Waals surface area contributed by atoms with E-state index in [4.69, 9.17) is 0 Å². The van der Waals surface area contributed by atoms with Crippen LogP contribution >= 0.6 is 0 Å². The Labute approximate surface area is 82.7 Å². The predicted molar refractivity (Wildman–Crippen MR) is 58.0 cm³/mol. The molecule has 0 bridgehead atoms. The van der Waals surface area contributed by atoms with Gasteiger partial charge in [0.05, 0.1) is 0 Å². The molecular formula is C11H24N2. The van der Waals surface area contributed by atoms with Gasteiger partial charge in [0.15, 0.2) is 0 Å². The second-order valence-corrected chi connectivity index (χ2v) is 4.73. The minimum absolute atomic E-state index is 0.709. The topological polar surface area (TPSA) is 15.3 Å². The lowest BCUT2D eigenvalue weighted by atomic mass is 10.0. The molecule has 0 amide bonds. The zero-order valence-corrected chi connectivity index (χ0v) is 9.40. The fraction of sp³-hybridized carbons (Fsp3) is 1.00. The molecule has 0 atom stereocenters. The Bertz CT molecular complexity index is 139. The van der Waals surface area contributed by atoms with Crippen LogP contribution in [0.2, 0.25) is 0 Å². The van der Waals surface area contributed by atoms with Gasteiger partial charge in [0, 0.05) is 19.6 Å². The number of likely N-dealkylation sites (N-methyl/N-ethyl adjacent to an activating group) is 1. The summed E-state index contributed by atoms with van der Waals surface area (Å²) < 4.78 is 0. The Kier molecular flexibility index (Phi) is 4.20. The van der Waals surface area contributed by atoms with Gasteiger partial charge in [0.2, 0.25) is 0 Å². The van der Waals surface area contributed by atoms with E-state index in [1.807, 2.05) is 0 Å². The first-order valence-corrected chi connectivity index (χ1v) is 5.54. The van der Waals surface area contributed by atoms with E-state index in [2.05, 4.69) is 31.2 Å². The van der Waals surface area contributed by atoms with Crippen molar-refractivity contribution in [3.63, 3.8) is 0 Å². The average Bonchev–Trinajstić information content (AvgIpc) is 2.80. The Morgan fingerprint density at radius 3 is 2.46 bits per heavy atom. The normalized spacial score (nSPS) is 19.4. The van der Waals surface area contributed by atoms with Gasteiger partial charge in [-0.15, -0.1) is 0 Å². The van der Waals surface area contributed by atoms with E-state index >= 15 is 0 Å². The van der Waals surface area contributed by atoms with Crippen LogP contribution in [0.25, 0.3) is 0 Å². The summed E-state index contributed by atoms with van der Waals surface area (Å²) in [5.41, 5.74) is 0.709. The molecule has 1 saturated carbocycles. The summed E-state index contributed by atoms with van der Waals surface area (Å²) in [5, 5.41) is 3.56. The third kappa shape index (κ3) is 4.10. The molecule has 0 heterocycles. The van der Waals surface area contributed by atoms with Crippen LogP contribution in [0, 0.1) is 5.41 Å². The van der Waals surface area contributed by atoms with Gasteiger partial charge < -0.3 is 10.2 Å². The quantitative estimate of drug-likeness (QED) is 0.606. The molecule has 1 fully saturated rings. The van der Waals surface area contributed by atoms with E-state index in [-0.39, 0.29) is 0 Å². The van der Waals surface area contributed by atoms with Crippen LogP contribution < -0.4 is 5.32 Å². The van der Waals surface area contributed by atoms with E-state index in [0.717, 1.165) is 13.1 Å². The van der Waals surface area contributed by atoms with Crippen LogP contribution in [0.15, 0.2) is 0 Å². The number of hydrogen-bond acceptors (Lipinski definition) is 2. The maximum atomic E-state index is 3.56. The fourth-order valence-corrected chi connectivity index (χ4v) is 1.88. The number of rotatable bonds is 7. The third-order valence-electron chi connectivity index (χ3n) is 2.97. The molecule has 78 valence electrons. The maximum absolute atomic E-state index is 3.56. The molecule has 0 aromatic heterocycles. The molecular weight excluding hydrogens is 160 g/mol. The van der Waals surface area contributed by atoms with E-state index in [1.165, 1.54) is 32.2 Å². The van der Waals surface area contributed by atoms with Crippen molar-refractivity contribution >= 4 is 0 Å². The lowest BCUT2D eigenvalue weighted by Crippen LogP contribution is -2.31. The Balaban J connectivity index is 1.99. The summed E-state index contributed by atoms with van der Waals surface area (Å²) in [5.74, 6) is 0. The first kappa shape index (κ1) is 11.0.